The topological polar surface area (TPSA) is 32.3 Å². The maximum atomic E-state index is 12.2. The fourth-order valence-corrected chi connectivity index (χ4v) is 3.37. The van der Waals surface area contributed by atoms with Crippen molar-refractivity contribution in [1.82, 2.24) is 10.2 Å². The van der Waals surface area contributed by atoms with Crippen molar-refractivity contribution >= 4 is 5.91 Å². The lowest BCUT2D eigenvalue weighted by Crippen LogP contribution is -2.46. The lowest BCUT2D eigenvalue weighted by molar-refractivity contribution is -0.133. The summed E-state index contributed by atoms with van der Waals surface area (Å²) in [4.78, 5) is 14.3. The van der Waals surface area contributed by atoms with Gasteiger partial charge in [-0.1, -0.05) is 26.2 Å². The zero-order valence-corrected chi connectivity index (χ0v) is 10.5. The second-order valence-electron chi connectivity index (χ2n) is 5.18. The first kappa shape index (κ1) is 11.9. The number of carbonyl (C=O) groups excluding carboxylic acids is 1. The molecule has 1 saturated carbocycles. The summed E-state index contributed by atoms with van der Waals surface area (Å²) in [6.07, 6.45) is 7.40. The summed E-state index contributed by atoms with van der Waals surface area (Å²) >= 11 is 0. The van der Waals surface area contributed by atoms with E-state index in [1.165, 1.54) is 32.1 Å². The molecule has 1 aliphatic carbocycles. The van der Waals surface area contributed by atoms with Crippen molar-refractivity contribution < 1.29 is 4.79 Å². The summed E-state index contributed by atoms with van der Waals surface area (Å²) in [5.74, 6) is 1.08. The Kier molecular flexibility index (Phi) is 3.85. The standard InChI is InChI=1S/C13H24N2O/c1-3-10-6-4-5-7-12(10)15-9-8-11(14-2)13(15)16/h10-12,14H,3-9H2,1-2H3. The number of carbonyl (C=O) groups is 1. The van der Waals surface area contributed by atoms with E-state index in [-0.39, 0.29) is 6.04 Å². The smallest absolute Gasteiger partial charge is 0.240 e. The summed E-state index contributed by atoms with van der Waals surface area (Å²) in [7, 11) is 1.89. The van der Waals surface area contributed by atoms with Gasteiger partial charge in [0, 0.05) is 12.6 Å². The summed E-state index contributed by atoms with van der Waals surface area (Å²) in [5.41, 5.74) is 0. The molecule has 3 heteroatoms. The third-order valence-electron chi connectivity index (χ3n) is 4.38. The van der Waals surface area contributed by atoms with Gasteiger partial charge in [-0.2, -0.15) is 0 Å². The van der Waals surface area contributed by atoms with Crippen LogP contribution in [0.3, 0.4) is 0 Å². The number of likely N-dealkylation sites (N-methyl/N-ethyl adjacent to an activating group) is 1. The quantitative estimate of drug-likeness (QED) is 0.792. The highest BCUT2D eigenvalue weighted by molar-refractivity contribution is 5.84. The molecule has 2 aliphatic rings. The lowest BCUT2D eigenvalue weighted by Gasteiger charge is -2.37. The predicted molar refractivity (Wildman–Crippen MR) is 65.2 cm³/mol. The fourth-order valence-electron chi connectivity index (χ4n) is 3.37. The van der Waals surface area contributed by atoms with E-state index in [9.17, 15) is 4.79 Å². The molecule has 16 heavy (non-hydrogen) atoms. The van der Waals surface area contributed by atoms with E-state index >= 15 is 0 Å². The number of nitrogens with zero attached hydrogens (tertiary/aromatic N) is 1. The van der Waals surface area contributed by atoms with Crippen molar-refractivity contribution in [2.45, 2.75) is 57.5 Å². The number of rotatable bonds is 3. The van der Waals surface area contributed by atoms with Gasteiger partial charge < -0.3 is 10.2 Å². The molecule has 1 amide bonds. The molecule has 92 valence electrons. The summed E-state index contributed by atoms with van der Waals surface area (Å²) in [6, 6.07) is 0.615. The van der Waals surface area contributed by atoms with Gasteiger partial charge in [0.1, 0.15) is 0 Å². The summed E-state index contributed by atoms with van der Waals surface area (Å²) in [6.45, 7) is 3.23. The molecule has 0 bridgehead atoms. The number of amides is 1. The number of nitrogens with one attached hydrogen (secondary N) is 1. The van der Waals surface area contributed by atoms with E-state index < -0.39 is 0 Å². The van der Waals surface area contributed by atoms with Crippen LogP contribution in [0.1, 0.15) is 45.4 Å². The summed E-state index contributed by atoms with van der Waals surface area (Å²) in [5, 5.41) is 3.12. The van der Waals surface area contributed by atoms with Crippen LogP contribution in [0.15, 0.2) is 0 Å². The van der Waals surface area contributed by atoms with E-state index in [1.807, 2.05) is 7.05 Å². The van der Waals surface area contributed by atoms with Gasteiger partial charge in [0.2, 0.25) is 5.91 Å². The number of likely N-dealkylation sites (tertiary alicyclic amines) is 1. The molecule has 3 atom stereocenters. The molecular weight excluding hydrogens is 200 g/mol. The SMILES string of the molecule is CCC1CCCCC1N1CCC(NC)C1=O. The molecule has 3 unspecified atom stereocenters. The molecule has 1 aliphatic heterocycles. The van der Waals surface area contributed by atoms with Crippen molar-refractivity contribution in [3.05, 3.63) is 0 Å². The molecule has 0 radical (unpaired) electrons. The van der Waals surface area contributed by atoms with Gasteiger partial charge in [-0.25, -0.2) is 0 Å². The Morgan fingerprint density at radius 1 is 1.31 bits per heavy atom. The fraction of sp³-hybridized carbons (Fsp3) is 0.923. The third kappa shape index (κ3) is 2.10. The van der Waals surface area contributed by atoms with Crippen molar-refractivity contribution in [1.29, 1.82) is 0 Å². The van der Waals surface area contributed by atoms with Gasteiger partial charge >= 0.3 is 0 Å². The number of hydrogen-bond acceptors (Lipinski definition) is 2. The minimum Gasteiger partial charge on any atom is -0.338 e. The maximum absolute atomic E-state index is 12.2. The third-order valence-corrected chi connectivity index (χ3v) is 4.38. The molecule has 1 N–H and O–H groups in total. The highest BCUT2D eigenvalue weighted by Crippen LogP contribution is 2.32. The first-order chi connectivity index (χ1) is 7.77. The van der Waals surface area contributed by atoms with Crippen LogP contribution in [0.2, 0.25) is 0 Å². The van der Waals surface area contributed by atoms with Gasteiger partial charge in [-0.15, -0.1) is 0 Å². The van der Waals surface area contributed by atoms with Gasteiger partial charge in [-0.3, -0.25) is 4.79 Å². The van der Waals surface area contributed by atoms with Crippen molar-refractivity contribution in [3.63, 3.8) is 0 Å². The second kappa shape index (κ2) is 5.17. The molecule has 3 nitrogen and oxygen atoms in total. The van der Waals surface area contributed by atoms with E-state index in [1.54, 1.807) is 0 Å². The predicted octanol–water partition coefficient (Wildman–Crippen LogP) is 1.78. The molecule has 0 aromatic carbocycles. The van der Waals surface area contributed by atoms with Crippen molar-refractivity contribution in [2.75, 3.05) is 13.6 Å². The highest BCUT2D eigenvalue weighted by atomic mass is 16.2. The van der Waals surface area contributed by atoms with Gasteiger partial charge in [0.25, 0.3) is 0 Å². The zero-order chi connectivity index (χ0) is 11.5. The van der Waals surface area contributed by atoms with Crippen LogP contribution in [0, 0.1) is 5.92 Å². The van der Waals surface area contributed by atoms with Gasteiger partial charge in [0.05, 0.1) is 6.04 Å². The van der Waals surface area contributed by atoms with Crippen LogP contribution in [0.5, 0.6) is 0 Å². The molecule has 0 aromatic rings. The van der Waals surface area contributed by atoms with Gasteiger partial charge in [0.15, 0.2) is 0 Å². The maximum Gasteiger partial charge on any atom is 0.240 e. The van der Waals surface area contributed by atoms with Crippen LogP contribution in [0.4, 0.5) is 0 Å². The minimum absolute atomic E-state index is 0.0828. The normalized spacial score (nSPS) is 35.8. The first-order valence-corrected chi connectivity index (χ1v) is 6.75. The van der Waals surface area contributed by atoms with E-state index in [4.69, 9.17) is 0 Å². The Morgan fingerprint density at radius 2 is 2.06 bits per heavy atom. The average Bonchev–Trinajstić information content (AvgIpc) is 2.70. The highest BCUT2D eigenvalue weighted by Gasteiger charge is 2.38. The molecule has 2 fully saturated rings. The molecule has 0 aromatic heterocycles. The van der Waals surface area contributed by atoms with E-state index in [0.29, 0.717) is 11.9 Å². The Hall–Kier alpha value is -0.570. The average molecular weight is 224 g/mol. The molecule has 1 saturated heterocycles. The first-order valence-electron chi connectivity index (χ1n) is 6.75. The number of hydrogen-bond donors (Lipinski definition) is 1. The van der Waals surface area contributed by atoms with Crippen molar-refractivity contribution in [3.8, 4) is 0 Å². The lowest BCUT2D eigenvalue weighted by atomic mass is 9.82. The van der Waals surface area contributed by atoms with Crippen LogP contribution in [-0.2, 0) is 4.79 Å². The van der Waals surface area contributed by atoms with E-state index in [0.717, 1.165) is 18.9 Å². The molecular formula is C13H24N2O. The van der Waals surface area contributed by atoms with Crippen LogP contribution < -0.4 is 5.32 Å². The molecule has 2 rings (SSSR count). The van der Waals surface area contributed by atoms with E-state index in [2.05, 4.69) is 17.1 Å². The molecule has 1 heterocycles. The van der Waals surface area contributed by atoms with Crippen LogP contribution in [-0.4, -0.2) is 36.5 Å². The Morgan fingerprint density at radius 3 is 2.69 bits per heavy atom. The minimum atomic E-state index is 0.0828. The Labute approximate surface area is 98.6 Å². The zero-order valence-electron chi connectivity index (χ0n) is 10.5. The largest absolute Gasteiger partial charge is 0.338 e. The monoisotopic (exact) mass is 224 g/mol. The van der Waals surface area contributed by atoms with Gasteiger partial charge in [-0.05, 0) is 32.2 Å². The molecule has 0 spiro atoms. The Bertz CT molecular complexity index is 254. The second-order valence-corrected chi connectivity index (χ2v) is 5.18. The van der Waals surface area contributed by atoms with Crippen LogP contribution >= 0.6 is 0 Å². The van der Waals surface area contributed by atoms with Crippen molar-refractivity contribution in [2.24, 2.45) is 5.92 Å². The van der Waals surface area contributed by atoms with Crippen LogP contribution in [0.25, 0.3) is 0 Å². The Balaban J connectivity index is 2.03. The summed E-state index contributed by atoms with van der Waals surface area (Å²) < 4.78 is 0.